The first-order valence-corrected chi connectivity index (χ1v) is 7.72. The molecular formula is C15H14N2O3S. The van der Waals surface area contributed by atoms with Gasteiger partial charge in [-0.05, 0) is 29.3 Å². The molecule has 21 heavy (non-hydrogen) atoms. The van der Waals surface area contributed by atoms with Gasteiger partial charge >= 0.3 is 0 Å². The summed E-state index contributed by atoms with van der Waals surface area (Å²) in [5, 5.41) is 17.9. The highest BCUT2D eigenvalue weighted by molar-refractivity contribution is 7.89. The molecule has 0 atom stereocenters. The normalized spacial score (nSPS) is 11.0. The molecule has 2 N–H and O–H groups in total. The molecule has 108 valence electrons. The Morgan fingerprint density at radius 2 is 1.81 bits per heavy atom. The molecule has 0 unspecified atom stereocenters. The van der Waals surface area contributed by atoms with Crippen molar-refractivity contribution in [2.45, 2.75) is 18.0 Å². The van der Waals surface area contributed by atoms with Crippen molar-refractivity contribution in [3.8, 4) is 6.07 Å². The van der Waals surface area contributed by atoms with Crippen LogP contribution in [-0.4, -0.2) is 13.5 Å². The highest BCUT2D eigenvalue weighted by atomic mass is 32.2. The van der Waals surface area contributed by atoms with E-state index in [2.05, 4.69) is 4.72 Å². The first-order chi connectivity index (χ1) is 10.0. The average Bonchev–Trinajstić information content (AvgIpc) is 2.53. The van der Waals surface area contributed by atoms with E-state index in [0.29, 0.717) is 5.56 Å². The highest BCUT2D eigenvalue weighted by Crippen LogP contribution is 2.12. The lowest BCUT2D eigenvalue weighted by atomic mass is 10.1. The van der Waals surface area contributed by atoms with E-state index in [4.69, 9.17) is 10.4 Å². The van der Waals surface area contributed by atoms with Gasteiger partial charge in [0.2, 0.25) is 10.0 Å². The summed E-state index contributed by atoms with van der Waals surface area (Å²) in [6, 6.07) is 14.8. The summed E-state index contributed by atoms with van der Waals surface area (Å²) in [6.45, 7) is 0.0256. The number of nitrogens with zero attached hydrogens (tertiary/aromatic N) is 1. The minimum Gasteiger partial charge on any atom is -0.392 e. The summed E-state index contributed by atoms with van der Waals surface area (Å²) in [4.78, 5) is 0.0554. The number of benzene rings is 2. The number of sulfonamides is 1. The third kappa shape index (κ3) is 3.89. The van der Waals surface area contributed by atoms with Crippen LogP contribution in [-0.2, 0) is 23.2 Å². The minimum absolute atomic E-state index is 0.0554. The molecule has 6 heteroatoms. The van der Waals surface area contributed by atoms with E-state index in [1.165, 1.54) is 18.2 Å². The molecule has 0 saturated heterocycles. The Morgan fingerprint density at radius 3 is 2.52 bits per heavy atom. The van der Waals surface area contributed by atoms with E-state index in [-0.39, 0.29) is 18.0 Å². The van der Waals surface area contributed by atoms with Gasteiger partial charge in [0, 0.05) is 6.54 Å². The van der Waals surface area contributed by atoms with Crippen LogP contribution in [0.15, 0.2) is 53.4 Å². The molecule has 0 bridgehead atoms. The second-order valence-electron chi connectivity index (χ2n) is 4.44. The first-order valence-electron chi connectivity index (χ1n) is 6.23. The number of aliphatic hydroxyl groups excluding tert-OH is 1. The lowest BCUT2D eigenvalue weighted by molar-refractivity contribution is 0.281. The Kier molecular flexibility index (Phi) is 4.70. The van der Waals surface area contributed by atoms with Gasteiger partial charge in [0.25, 0.3) is 0 Å². The van der Waals surface area contributed by atoms with Crippen LogP contribution in [0.1, 0.15) is 16.7 Å². The number of hydrogen-bond donors (Lipinski definition) is 2. The van der Waals surface area contributed by atoms with Crippen molar-refractivity contribution in [1.82, 2.24) is 4.72 Å². The third-order valence-electron chi connectivity index (χ3n) is 2.91. The van der Waals surface area contributed by atoms with Gasteiger partial charge in [0.1, 0.15) is 0 Å². The topological polar surface area (TPSA) is 90.2 Å². The molecule has 0 aliphatic heterocycles. The Bertz CT molecular complexity index is 780. The van der Waals surface area contributed by atoms with Gasteiger partial charge in [-0.25, -0.2) is 13.1 Å². The van der Waals surface area contributed by atoms with Gasteiger partial charge < -0.3 is 5.11 Å². The van der Waals surface area contributed by atoms with Crippen LogP contribution in [0.5, 0.6) is 0 Å². The van der Waals surface area contributed by atoms with Crippen LogP contribution < -0.4 is 4.72 Å². The molecule has 0 amide bonds. The van der Waals surface area contributed by atoms with Gasteiger partial charge in [-0.1, -0.05) is 30.3 Å². The van der Waals surface area contributed by atoms with E-state index in [0.717, 1.165) is 11.1 Å². The van der Waals surface area contributed by atoms with Crippen molar-refractivity contribution >= 4 is 10.0 Å². The van der Waals surface area contributed by atoms with E-state index in [1.54, 1.807) is 30.3 Å². The van der Waals surface area contributed by atoms with Gasteiger partial charge in [0.05, 0.1) is 23.1 Å². The number of nitriles is 1. The molecule has 2 aromatic carbocycles. The Labute approximate surface area is 123 Å². The van der Waals surface area contributed by atoms with Gasteiger partial charge in [-0.3, -0.25) is 0 Å². The van der Waals surface area contributed by atoms with E-state index in [1.807, 2.05) is 6.07 Å². The molecule has 0 aliphatic carbocycles. The fourth-order valence-corrected chi connectivity index (χ4v) is 2.90. The van der Waals surface area contributed by atoms with E-state index < -0.39 is 10.0 Å². The highest BCUT2D eigenvalue weighted by Gasteiger charge is 2.14. The van der Waals surface area contributed by atoms with Crippen molar-refractivity contribution in [3.05, 3.63) is 65.2 Å². The second-order valence-corrected chi connectivity index (χ2v) is 6.21. The van der Waals surface area contributed by atoms with Crippen LogP contribution >= 0.6 is 0 Å². The van der Waals surface area contributed by atoms with Crippen LogP contribution in [0.25, 0.3) is 0 Å². The predicted molar refractivity (Wildman–Crippen MR) is 77.5 cm³/mol. The summed E-state index contributed by atoms with van der Waals surface area (Å²) >= 11 is 0. The van der Waals surface area contributed by atoms with Gasteiger partial charge in [0.15, 0.2) is 0 Å². The molecule has 2 rings (SSSR count). The molecule has 0 spiro atoms. The standard InChI is InChI=1S/C15H14N2O3S/c16-9-12-3-2-6-15(8-12)21(19,20)17-10-13-4-1-5-14(7-13)11-18/h1-8,17-18H,10-11H2. The molecule has 0 aromatic heterocycles. The summed E-state index contributed by atoms with van der Waals surface area (Å²) in [7, 11) is -3.67. The van der Waals surface area contributed by atoms with Crippen molar-refractivity contribution in [2.24, 2.45) is 0 Å². The van der Waals surface area contributed by atoms with Crippen molar-refractivity contribution in [2.75, 3.05) is 0 Å². The Hall–Kier alpha value is -2.20. The Balaban J connectivity index is 2.16. The van der Waals surface area contributed by atoms with Gasteiger partial charge in [-0.15, -0.1) is 0 Å². The molecule has 2 aromatic rings. The SMILES string of the molecule is N#Cc1cccc(S(=O)(=O)NCc2cccc(CO)c2)c1. The number of nitrogens with one attached hydrogen (secondary N) is 1. The predicted octanol–water partition coefficient (Wildman–Crippen LogP) is 1.53. The molecule has 0 aliphatic rings. The molecule has 0 heterocycles. The lowest BCUT2D eigenvalue weighted by Gasteiger charge is -2.08. The number of hydrogen-bond acceptors (Lipinski definition) is 4. The molecule has 0 saturated carbocycles. The Morgan fingerprint density at radius 1 is 1.10 bits per heavy atom. The maximum absolute atomic E-state index is 12.2. The summed E-state index contributed by atoms with van der Waals surface area (Å²) in [5.74, 6) is 0. The summed E-state index contributed by atoms with van der Waals surface area (Å²) in [5.41, 5.74) is 1.76. The second kappa shape index (κ2) is 6.50. The molecular weight excluding hydrogens is 288 g/mol. The van der Waals surface area contributed by atoms with Gasteiger partial charge in [-0.2, -0.15) is 5.26 Å². The molecule has 5 nitrogen and oxygen atoms in total. The monoisotopic (exact) mass is 302 g/mol. The smallest absolute Gasteiger partial charge is 0.240 e. The zero-order valence-electron chi connectivity index (χ0n) is 11.2. The first kappa shape index (κ1) is 15.2. The van der Waals surface area contributed by atoms with Crippen molar-refractivity contribution < 1.29 is 13.5 Å². The third-order valence-corrected chi connectivity index (χ3v) is 4.31. The van der Waals surface area contributed by atoms with Crippen LogP contribution in [0.3, 0.4) is 0 Å². The zero-order valence-corrected chi connectivity index (χ0v) is 12.0. The maximum Gasteiger partial charge on any atom is 0.240 e. The zero-order chi connectivity index (χ0) is 15.3. The largest absolute Gasteiger partial charge is 0.392 e. The molecule has 0 radical (unpaired) electrons. The average molecular weight is 302 g/mol. The van der Waals surface area contributed by atoms with E-state index >= 15 is 0 Å². The van der Waals surface area contributed by atoms with Crippen LogP contribution in [0, 0.1) is 11.3 Å². The van der Waals surface area contributed by atoms with Crippen molar-refractivity contribution in [1.29, 1.82) is 5.26 Å². The van der Waals surface area contributed by atoms with Crippen molar-refractivity contribution in [3.63, 3.8) is 0 Å². The van der Waals surface area contributed by atoms with Crippen LogP contribution in [0.4, 0.5) is 0 Å². The fraction of sp³-hybridized carbons (Fsp3) is 0.133. The lowest BCUT2D eigenvalue weighted by Crippen LogP contribution is -2.23. The fourth-order valence-electron chi connectivity index (χ4n) is 1.83. The summed E-state index contributed by atoms with van der Waals surface area (Å²) in [6.07, 6.45) is 0. The molecule has 0 fully saturated rings. The number of aliphatic hydroxyl groups is 1. The number of rotatable bonds is 5. The maximum atomic E-state index is 12.2. The van der Waals surface area contributed by atoms with Crippen LogP contribution in [0.2, 0.25) is 0 Å². The summed E-state index contributed by atoms with van der Waals surface area (Å²) < 4.78 is 26.8. The minimum atomic E-state index is -3.67. The quantitative estimate of drug-likeness (QED) is 0.876. The van der Waals surface area contributed by atoms with E-state index in [9.17, 15) is 8.42 Å².